The molecule has 1 aromatic carbocycles. The molecule has 0 spiro atoms. The van der Waals surface area contributed by atoms with Gasteiger partial charge in [-0.05, 0) is 31.5 Å². The SMILES string of the molecule is NCCCC(=O)NC1CCN(c2ccccc2F)C1=O. The average molecular weight is 279 g/mol. The fraction of sp³-hybridized carbons (Fsp3) is 0.429. The van der Waals surface area contributed by atoms with Crippen LogP contribution in [0.4, 0.5) is 10.1 Å². The van der Waals surface area contributed by atoms with Crippen molar-refractivity contribution in [2.45, 2.75) is 25.3 Å². The Morgan fingerprint density at radius 2 is 2.20 bits per heavy atom. The number of hydrogen-bond donors (Lipinski definition) is 2. The molecule has 1 aliphatic rings. The second kappa shape index (κ2) is 6.47. The molecule has 3 N–H and O–H groups in total. The van der Waals surface area contributed by atoms with Gasteiger partial charge < -0.3 is 16.0 Å². The largest absolute Gasteiger partial charge is 0.344 e. The first-order valence-corrected chi connectivity index (χ1v) is 6.69. The van der Waals surface area contributed by atoms with Crippen LogP contribution >= 0.6 is 0 Å². The molecule has 5 nitrogen and oxygen atoms in total. The molecule has 0 bridgehead atoms. The van der Waals surface area contributed by atoms with Crippen molar-refractivity contribution in [3.8, 4) is 0 Å². The minimum Gasteiger partial charge on any atom is -0.344 e. The topological polar surface area (TPSA) is 75.4 Å². The van der Waals surface area contributed by atoms with E-state index in [1.54, 1.807) is 18.2 Å². The second-order valence-corrected chi connectivity index (χ2v) is 4.74. The summed E-state index contributed by atoms with van der Waals surface area (Å²) in [5.74, 6) is -0.892. The normalized spacial score (nSPS) is 18.4. The lowest BCUT2D eigenvalue weighted by molar-refractivity contribution is -0.126. The lowest BCUT2D eigenvalue weighted by Gasteiger charge is -2.17. The number of nitrogens with two attached hydrogens (primary N) is 1. The quantitative estimate of drug-likeness (QED) is 0.836. The number of carbonyl (C=O) groups is 2. The number of hydrogen-bond acceptors (Lipinski definition) is 3. The van der Waals surface area contributed by atoms with E-state index in [1.165, 1.54) is 11.0 Å². The molecule has 0 saturated carbocycles. The Labute approximate surface area is 116 Å². The molecule has 1 heterocycles. The summed E-state index contributed by atoms with van der Waals surface area (Å²) in [5, 5.41) is 2.67. The van der Waals surface area contributed by atoms with Gasteiger partial charge in [-0.2, -0.15) is 0 Å². The van der Waals surface area contributed by atoms with E-state index in [0.29, 0.717) is 32.4 Å². The summed E-state index contributed by atoms with van der Waals surface area (Å²) in [6.07, 6.45) is 1.38. The second-order valence-electron chi connectivity index (χ2n) is 4.74. The van der Waals surface area contributed by atoms with E-state index in [-0.39, 0.29) is 17.5 Å². The molecule has 1 aliphatic heterocycles. The van der Waals surface area contributed by atoms with Gasteiger partial charge in [0.25, 0.3) is 0 Å². The number of anilines is 1. The molecule has 20 heavy (non-hydrogen) atoms. The van der Waals surface area contributed by atoms with E-state index in [0.717, 1.165) is 0 Å². The monoisotopic (exact) mass is 279 g/mol. The standard InChI is InChI=1S/C14H18FN3O2/c15-10-4-1-2-5-12(10)18-9-7-11(14(18)20)17-13(19)6-3-8-16/h1-2,4-5,11H,3,6-9,16H2,(H,17,19). The van der Waals surface area contributed by atoms with Gasteiger partial charge in [0.2, 0.25) is 11.8 Å². The van der Waals surface area contributed by atoms with Gasteiger partial charge in [-0.1, -0.05) is 12.1 Å². The summed E-state index contributed by atoms with van der Waals surface area (Å²) in [6.45, 7) is 0.842. The smallest absolute Gasteiger partial charge is 0.249 e. The zero-order valence-corrected chi connectivity index (χ0v) is 11.1. The van der Waals surface area contributed by atoms with Gasteiger partial charge >= 0.3 is 0 Å². The van der Waals surface area contributed by atoms with Crippen LogP contribution in [0.1, 0.15) is 19.3 Å². The number of para-hydroxylation sites is 1. The van der Waals surface area contributed by atoms with Crippen molar-refractivity contribution in [3.05, 3.63) is 30.1 Å². The van der Waals surface area contributed by atoms with Gasteiger partial charge in [0.15, 0.2) is 0 Å². The van der Waals surface area contributed by atoms with Crippen LogP contribution < -0.4 is 16.0 Å². The Bertz CT molecular complexity index is 507. The molecule has 6 heteroatoms. The minimum atomic E-state index is -0.570. The minimum absolute atomic E-state index is 0.191. The van der Waals surface area contributed by atoms with E-state index in [1.807, 2.05) is 0 Å². The Morgan fingerprint density at radius 1 is 1.45 bits per heavy atom. The third-order valence-corrected chi connectivity index (χ3v) is 3.29. The van der Waals surface area contributed by atoms with Crippen LogP contribution in [-0.2, 0) is 9.59 Å². The summed E-state index contributed by atoms with van der Waals surface area (Å²) in [7, 11) is 0. The highest BCUT2D eigenvalue weighted by atomic mass is 19.1. The number of benzene rings is 1. The van der Waals surface area contributed by atoms with Crippen LogP contribution in [0.25, 0.3) is 0 Å². The predicted molar refractivity (Wildman–Crippen MR) is 73.6 cm³/mol. The van der Waals surface area contributed by atoms with Crippen LogP contribution in [0.5, 0.6) is 0 Å². The summed E-state index contributed by atoms with van der Waals surface area (Å²) < 4.78 is 13.7. The Kier molecular flexibility index (Phi) is 4.68. The van der Waals surface area contributed by atoms with E-state index in [4.69, 9.17) is 5.73 Å². The molecule has 1 atom stereocenters. The maximum absolute atomic E-state index is 13.7. The molecule has 0 radical (unpaired) electrons. The number of carbonyl (C=O) groups excluding carboxylic acids is 2. The van der Waals surface area contributed by atoms with Crippen LogP contribution in [0, 0.1) is 5.82 Å². The summed E-state index contributed by atoms with van der Waals surface area (Å²) >= 11 is 0. The molecular formula is C14H18FN3O2. The van der Waals surface area contributed by atoms with E-state index in [9.17, 15) is 14.0 Å². The Hall–Kier alpha value is -1.95. The van der Waals surface area contributed by atoms with Crippen molar-refractivity contribution in [3.63, 3.8) is 0 Å². The van der Waals surface area contributed by atoms with Crippen LogP contribution in [0.15, 0.2) is 24.3 Å². The number of nitrogens with one attached hydrogen (secondary N) is 1. The van der Waals surface area contributed by atoms with Gasteiger partial charge in [-0.3, -0.25) is 9.59 Å². The molecule has 2 rings (SSSR count). The highest BCUT2D eigenvalue weighted by molar-refractivity contribution is 6.01. The van der Waals surface area contributed by atoms with E-state index in [2.05, 4.69) is 5.32 Å². The molecule has 1 unspecified atom stereocenters. The van der Waals surface area contributed by atoms with Gasteiger partial charge in [-0.15, -0.1) is 0 Å². The molecule has 2 amide bonds. The average Bonchev–Trinajstić information content (AvgIpc) is 2.79. The van der Waals surface area contributed by atoms with Crippen molar-refractivity contribution in [1.29, 1.82) is 0 Å². The molecule has 1 aromatic rings. The fourth-order valence-electron chi connectivity index (χ4n) is 2.25. The predicted octanol–water partition coefficient (Wildman–Crippen LogP) is 0.786. The molecule has 0 aliphatic carbocycles. The molecule has 0 aromatic heterocycles. The zero-order chi connectivity index (χ0) is 14.5. The molecular weight excluding hydrogens is 261 g/mol. The number of halogens is 1. The maximum Gasteiger partial charge on any atom is 0.249 e. The number of amides is 2. The van der Waals surface area contributed by atoms with Gasteiger partial charge in [0.05, 0.1) is 5.69 Å². The van der Waals surface area contributed by atoms with Crippen LogP contribution in [0.2, 0.25) is 0 Å². The lowest BCUT2D eigenvalue weighted by atomic mass is 10.2. The molecule has 108 valence electrons. The first-order valence-electron chi connectivity index (χ1n) is 6.69. The third-order valence-electron chi connectivity index (χ3n) is 3.29. The first-order chi connectivity index (χ1) is 9.63. The molecule has 1 saturated heterocycles. The Morgan fingerprint density at radius 3 is 2.90 bits per heavy atom. The van der Waals surface area contributed by atoms with Gasteiger partial charge in [-0.25, -0.2) is 4.39 Å². The maximum atomic E-state index is 13.7. The van der Waals surface area contributed by atoms with Crippen molar-refractivity contribution >= 4 is 17.5 Å². The van der Waals surface area contributed by atoms with Crippen molar-refractivity contribution in [2.24, 2.45) is 5.73 Å². The van der Waals surface area contributed by atoms with Crippen LogP contribution in [-0.4, -0.2) is 30.9 Å². The first kappa shape index (κ1) is 14.5. The highest BCUT2D eigenvalue weighted by Gasteiger charge is 2.34. The van der Waals surface area contributed by atoms with Crippen molar-refractivity contribution < 1.29 is 14.0 Å². The van der Waals surface area contributed by atoms with Crippen molar-refractivity contribution in [1.82, 2.24) is 5.32 Å². The van der Waals surface area contributed by atoms with E-state index >= 15 is 0 Å². The van der Waals surface area contributed by atoms with Gasteiger partial charge in [0, 0.05) is 13.0 Å². The van der Waals surface area contributed by atoms with Crippen molar-refractivity contribution in [2.75, 3.05) is 18.0 Å². The summed E-state index contributed by atoms with van der Waals surface area (Å²) in [5.41, 5.74) is 5.59. The molecule has 1 fully saturated rings. The zero-order valence-electron chi connectivity index (χ0n) is 11.1. The van der Waals surface area contributed by atoms with Gasteiger partial charge in [0.1, 0.15) is 11.9 Å². The number of rotatable bonds is 5. The Balaban J connectivity index is 1.99. The summed E-state index contributed by atoms with van der Waals surface area (Å²) in [6, 6.07) is 5.56. The highest BCUT2D eigenvalue weighted by Crippen LogP contribution is 2.24. The number of nitrogens with zero attached hydrogens (tertiary/aromatic N) is 1. The van der Waals surface area contributed by atoms with Crippen LogP contribution in [0.3, 0.4) is 0 Å². The lowest BCUT2D eigenvalue weighted by Crippen LogP contribution is -2.41. The fourth-order valence-corrected chi connectivity index (χ4v) is 2.25. The van der Waals surface area contributed by atoms with E-state index < -0.39 is 11.9 Å². The summed E-state index contributed by atoms with van der Waals surface area (Å²) in [4.78, 5) is 25.2. The third kappa shape index (κ3) is 3.14.